The van der Waals surface area contributed by atoms with E-state index in [-0.39, 0.29) is 6.04 Å². The lowest BCUT2D eigenvalue weighted by molar-refractivity contribution is 0.342. The molecule has 3 nitrogen and oxygen atoms in total. The molecule has 122 valence electrons. The molecule has 2 N–H and O–H groups in total. The summed E-state index contributed by atoms with van der Waals surface area (Å²) in [5.41, 5.74) is 4.68. The zero-order valence-corrected chi connectivity index (χ0v) is 15.0. The Kier molecular flexibility index (Phi) is 5.99. The van der Waals surface area contributed by atoms with E-state index in [1.54, 1.807) is 0 Å². The molecule has 1 atom stereocenters. The van der Waals surface area contributed by atoms with Crippen molar-refractivity contribution in [3.8, 4) is 5.75 Å². The van der Waals surface area contributed by atoms with Crippen LogP contribution in [-0.2, 0) is 0 Å². The molecule has 0 aromatic heterocycles. The summed E-state index contributed by atoms with van der Waals surface area (Å²) in [6.45, 7) is 8.94. The van der Waals surface area contributed by atoms with Crippen LogP contribution in [0.3, 0.4) is 0 Å². The third kappa shape index (κ3) is 4.70. The first-order valence-corrected chi connectivity index (χ1v) is 8.28. The maximum absolute atomic E-state index is 5.61. The third-order valence-corrected chi connectivity index (χ3v) is 4.03. The van der Waals surface area contributed by atoms with Crippen molar-refractivity contribution in [2.45, 2.75) is 33.7 Å². The fourth-order valence-corrected chi connectivity index (χ4v) is 2.61. The fraction of sp³-hybridized carbons (Fsp3) is 0.316. The Hall–Kier alpha value is -2.07. The average Bonchev–Trinajstić information content (AvgIpc) is 2.52. The molecule has 0 spiro atoms. The minimum absolute atomic E-state index is 0.133. The lowest BCUT2D eigenvalue weighted by atomic mass is 10.0. The standard InChI is InChI=1S/C19H24N2OS/c1-5-22-18-9-7-6-8-17(18)21-19(23)20-15(4)16-11-10-13(2)14(3)12-16/h6-12,15H,5H2,1-4H3,(H2,20,21,23)/t15-/m1/s1. The molecule has 4 heteroatoms. The molecule has 0 radical (unpaired) electrons. The van der Waals surface area contributed by atoms with Gasteiger partial charge >= 0.3 is 0 Å². The van der Waals surface area contributed by atoms with Gasteiger partial charge in [-0.1, -0.05) is 30.3 Å². The number of aryl methyl sites for hydroxylation is 2. The van der Waals surface area contributed by atoms with E-state index in [1.807, 2.05) is 31.2 Å². The van der Waals surface area contributed by atoms with Gasteiger partial charge in [0.05, 0.1) is 18.3 Å². The molecule has 2 aromatic carbocycles. The van der Waals surface area contributed by atoms with E-state index in [0.29, 0.717) is 11.7 Å². The van der Waals surface area contributed by atoms with Gasteiger partial charge in [-0.25, -0.2) is 0 Å². The number of anilines is 1. The zero-order valence-electron chi connectivity index (χ0n) is 14.1. The predicted octanol–water partition coefficient (Wildman–Crippen LogP) is 4.75. The molecule has 0 aliphatic heterocycles. The second-order valence-corrected chi connectivity index (χ2v) is 6.00. The van der Waals surface area contributed by atoms with E-state index in [1.165, 1.54) is 16.7 Å². The van der Waals surface area contributed by atoms with E-state index in [4.69, 9.17) is 17.0 Å². The SMILES string of the molecule is CCOc1ccccc1NC(=S)N[C@H](C)c1ccc(C)c(C)c1. The van der Waals surface area contributed by atoms with Crippen molar-refractivity contribution in [1.82, 2.24) is 5.32 Å². The summed E-state index contributed by atoms with van der Waals surface area (Å²) < 4.78 is 5.61. The number of thiocarbonyl (C=S) groups is 1. The largest absolute Gasteiger partial charge is 0.492 e. The molecule has 0 aliphatic carbocycles. The summed E-state index contributed by atoms with van der Waals surface area (Å²) in [4.78, 5) is 0. The van der Waals surface area contributed by atoms with Crippen molar-refractivity contribution < 1.29 is 4.74 Å². The van der Waals surface area contributed by atoms with Gasteiger partial charge < -0.3 is 15.4 Å². The molecule has 23 heavy (non-hydrogen) atoms. The molecule has 0 fully saturated rings. The second kappa shape index (κ2) is 7.97. The molecule has 0 amide bonds. The van der Waals surface area contributed by atoms with Crippen LogP contribution in [0.15, 0.2) is 42.5 Å². The molecular weight excluding hydrogens is 304 g/mol. The van der Waals surface area contributed by atoms with Gasteiger partial charge in [0.25, 0.3) is 0 Å². The van der Waals surface area contributed by atoms with Crippen LogP contribution in [0, 0.1) is 13.8 Å². The van der Waals surface area contributed by atoms with Gasteiger partial charge in [0.2, 0.25) is 0 Å². The summed E-state index contributed by atoms with van der Waals surface area (Å²) in [6.07, 6.45) is 0. The maximum Gasteiger partial charge on any atom is 0.171 e. The highest BCUT2D eigenvalue weighted by atomic mass is 32.1. The number of rotatable bonds is 5. The summed E-state index contributed by atoms with van der Waals surface area (Å²) in [5, 5.41) is 7.13. The number of benzene rings is 2. The summed E-state index contributed by atoms with van der Waals surface area (Å²) in [5.74, 6) is 0.804. The highest BCUT2D eigenvalue weighted by Gasteiger charge is 2.10. The van der Waals surface area contributed by atoms with E-state index in [0.717, 1.165) is 11.4 Å². The number of ether oxygens (including phenoxy) is 1. The number of para-hydroxylation sites is 2. The van der Waals surface area contributed by atoms with Crippen molar-refractivity contribution in [1.29, 1.82) is 0 Å². The van der Waals surface area contributed by atoms with Crippen LogP contribution < -0.4 is 15.4 Å². The van der Waals surface area contributed by atoms with Gasteiger partial charge in [0, 0.05) is 0 Å². The van der Waals surface area contributed by atoms with E-state index >= 15 is 0 Å². The monoisotopic (exact) mass is 328 g/mol. The molecule has 0 saturated heterocycles. The van der Waals surface area contributed by atoms with E-state index in [2.05, 4.69) is 49.6 Å². The normalized spacial score (nSPS) is 11.7. The minimum Gasteiger partial charge on any atom is -0.492 e. The topological polar surface area (TPSA) is 33.3 Å². The molecule has 0 saturated carbocycles. The second-order valence-electron chi connectivity index (χ2n) is 5.59. The summed E-state index contributed by atoms with van der Waals surface area (Å²) in [7, 11) is 0. The Morgan fingerprint density at radius 3 is 2.57 bits per heavy atom. The van der Waals surface area contributed by atoms with Gasteiger partial charge in [0.15, 0.2) is 5.11 Å². The van der Waals surface area contributed by atoms with Crippen LogP contribution in [0.4, 0.5) is 5.69 Å². The zero-order chi connectivity index (χ0) is 16.8. The van der Waals surface area contributed by atoms with Crippen LogP contribution in [0.1, 0.15) is 36.6 Å². The van der Waals surface area contributed by atoms with Crippen LogP contribution >= 0.6 is 12.2 Å². The first kappa shape index (κ1) is 17.3. The average molecular weight is 328 g/mol. The van der Waals surface area contributed by atoms with Crippen molar-refractivity contribution in [3.63, 3.8) is 0 Å². The maximum atomic E-state index is 5.61. The Morgan fingerprint density at radius 1 is 1.13 bits per heavy atom. The van der Waals surface area contributed by atoms with Gasteiger partial charge in [-0.3, -0.25) is 0 Å². The van der Waals surface area contributed by atoms with Gasteiger partial charge in [0.1, 0.15) is 5.75 Å². The number of hydrogen-bond donors (Lipinski definition) is 2. The lowest BCUT2D eigenvalue weighted by Crippen LogP contribution is -2.31. The molecule has 0 bridgehead atoms. The molecule has 0 heterocycles. The Labute approximate surface area is 144 Å². The van der Waals surface area contributed by atoms with Gasteiger partial charge in [-0.2, -0.15) is 0 Å². The molecule has 0 unspecified atom stereocenters. The highest BCUT2D eigenvalue weighted by molar-refractivity contribution is 7.80. The number of nitrogens with one attached hydrogen (secondary N) is 2. The van der Waals surface area contributed by atoms with E-state index in [9.17, 15) is 0 Å². The predicted molar refractivity (Wildman–Crippen MR) is 101 cm³/mol. The Morgan fingerprint density at radius 2 is 1.87 bits per heavy atom. The van der Waals surface area contributed by atoms with Crippen molar-refractivity contribution in [2.75, 3.05) is 11.9 Å². The van der Waals surface area contributed by atoms with Crippen LogP contribution in [0.5, 0.6) is 5.75 Å². The van der Waals surface area contributed by atoms with E-state index < -0.39 is 0 Å². The van der Waals surface area contributed by atoms with Crippen LogP contribution in [0.2, 0.25) is 0 Å². The van der Waals surface area contributed by atoms with Crippen molar-refractivity contribution in [3.05, 3.63) is 59.2 Å². The van der Waals surface area contributed by atoms with Crippen molar-refractivity contribution in [2.24, 2.45) is 0 Å². The highest BCUT2D eigenvalue weighted by Crippen LogP contribution is 2.24. The van der Waals surface area contributed by atoms with Gasteiger partial charge in [-0.05, 0) is 68.7 Å². The first-order valence-electron chi connectivity index (χ1n) is 7.87. The Bertz CT molecular complexity index is 685. The van der Waals surface area contributed by atoms with Gasteiger partial charge in [-0.15, -0.1) is 0 Å². The smallest absolute Gasteiger partial charge is 0.171 e. The quantitative estimate of drug-likeness (QED) is 0.776. The van der Waals surface area contributed by atoms with Crippen molar-refractivity contribution >= 4 is 23.0 Å². The molecule has 0 aliphatic rings. The first-order chi connectivity index (χ1) is 11.0. The molecule has 2 rings (SSSR count). The van der Waals surface area contributed by atoms with Crippen LogP contribution in [-0.4, -0.2) is 11.7 Å². The van der Waals surface area contributed by atoms with Crippen LogP contribution in [0.25, 0.3) is 0 Å². The minimum atomic E-state index is 0.133. The molecule has 2 aromatic rings. The lowest BCUT2D eigenvalue weighted by Gasteiger charge is -2.19. The Balaban J connectivity index is 2.03. The number of hydrogen-bond acceptors (Lipinski definition) is 2. The fourth-order valence-electron chi connectivity index (χ4n) is 2.32. The summed E-state index contributed by atoms with van der Waals surface area (Å²) >= 11 is 5.44. The third-order valence-electron chi connectivity index (χ3n) is 3.81. The summed E-state index contributed by atoms with van der Waals surface area (Å²) in [6, 6.07) is 14.4. The molecular formula is C19H24N2OS.